The van der Waals surface area contributed by atoms with Crippen molar-refractivity contribution in [2.45, 2.75) is 38.6 Å². The second kappa shape index (κ2) is 9.46. The number of thiocarbonyl (C=S) groups is 1. The predicted molar refractivity (Wildman–Crippen MR) is 104 cm³/mol. The summed E-state index contributed by atoms with van der Waals surface area (Å²) in [5, 5.41) is 8.11. The van der Waals surface area contributed by atoms with E-state index in [-0.39, 0.29) is 0 Å². The average Bonchev–Trinajstić information content (AvgIpc) is 2.63. The smallest absolute Gasteiger partial charge is 0.187 e. The van der Waals surface area contributed by atoms with Crippen LogP contribution in [-0.2, 0) is 0 Å². The Morgan fingerprint density at radius 1 is 1.08 bits per heavy atom. The van der Waals surface area contributed by atoms with Gasteiger partial charge in [-0.05, 0) is 37.0 Å². The van der Waals surface area contributed by atoms with Crippen molar-refractivity contribution >= 4 is 23.5 Å². The fourth-order valence-electron chi connectivity index (χ4n) is 3.05. The molecule has 0 unspecified atom stereocenters. The number of nitrogens with one attached hydrogen (secondary N) is 2. The van der Waals surface area contributed by atoms with Crippen molar-refractivity contribution in [3.8, 4) is 17.2 Å². The molecule has 1 fully saturated rings. The minimum absolute atomic E-state index is 0.416. The van der Waals surface area contributed by atoms with Crippen LogP contribution in [0, 0.1) is 5.92 Å². The van der Waals surface area contributed by atoms with Gasteiger partial charge < -0.3 is 19.5 Å². The Morgan fingerprint density at radius 3 is 2.36 bits per heavy atom. The minimum Gasteiger partial charge on any atom is -0.496 e. The Hall–Kier alpha value is -2.02. The lowest BCUT2D eigenvalue weighted by molar-refractivity contribution is 0.308. The second-order valence-corrected chi connectivity index (χ2v) is 6.57. The van der Waals surface area contributed by atoms with Crippen molar-refractivity contribution in [1.82, 2.24) is 10.7 Å². The maximum absolute atomic E-state index is 5.38. The van der Waals surface area contributed by atoms with Gasteiger partial charge in [0.05, 0.1) is 27.5 Å². The Labute approximate surface area is 154 Å². The predicted octanol–water partition coefficient (Wildman–Crippen LogP) is 3.09. The molecule has 0 saturated heterocycles. The van der Waals surface area contributed by atoms with Crippen molar-refractivity contribution in [3.05, 3.63) is 17.7 Å². The summed E-state index contributed by atoms with van der Waals surface area (Å²) in [6, 6.07) is 3.99. The Morgan fingerprint density at radius 2 is 1.72 bits per heavy atom. The van der Waals surface area contributed by atoms with Crippen LogP contribution < -0.4 is 25.0 Å². The van der Waals surface area contributed by atoms with Gasteiger partial charge in [-0.3, -0.25) is 5.43 Å². The van der Waals surface area contributed by atoms with Gasteiger partial charge in [-0.15, -0.1) is 0 Å². The lowest BCUT2D eigenvalue weighted by Crippen LogP contribution is -2.44. The zero-order valence-corrected chi connectivity index (χ0v) is 16.1. The van der Waals surface area contributed by atoms with Crippen molar-refractivity contribution in [3.63, 3.8) is 0 Å². The average molecular weight is 365 g/mol. The summed E-state index contributed by atoms with van der Waals surface area (Å²) < 4.78 is 16.0. The molecule has 25 heavy (non-hydrogen) atoms. The first-order chi connectivity index (χ1) is 12.1. The third-order valence-corrected chi connectivity index (χ3v) is 4.74. The zero-order chi connectivity index (χ0) is 18.2. The highest BCUT2D eigenvalue weighted by Crippen LogP contribution is 2.33. The van der Waals surface area contributed by atoms with Crippen LogP contribution in [0.5, 0.6) is 17.2 Å². The number of hydrogen-bond acceptors (Lipinski definition) is 5. The molecule has 0 heterocycles. The van der Waals surface area contributed by atoms with Crippen molar-refractivity contribution in [1.29, 1.82) is 0 Å². The lowest BCUT2D eigenvalue weighted by atomic mass is 9.86. The molecule has 138 valence electrons. The Kier molecular flexibility index (Phi) is 7.31. The Bertz CT molecular complexity index is 622. The minimum atomic E-state index is 0.416. The number of methoxy groups -OCH3 is 3. The molecule has 6 nitrogen and oxygen atoms in total. The summed E-state index contributed by atoms with van der Waals surface area (Å²) in [6.45, 7) is 2.26. The molecule has 1 aromatic carbocycles. The zero-order valence-electron chi connectivity index (χ0n) is 15.3. The summed E-state index contributed by atoms with van der Waals surface area (Å²) in [7, 11) is 4.78. The van der Waals surface area contributed by atoms with Crippen LogP contribution in [0.2, 0.25) is 0 Å². The SMILES string of the molecule is COc1cc(OC)c(OC)cc1/C=N\NC(=S)N[C@H]1CCCC[C@H]1C. The van der Waals surface area contributed by atoms with Gasteiger partial charge >= 0.3 is 0 Å². The van der Waals surface area contributed by atoms with Crippen LogP contribution in [0.4, 0.5) is 0 Å². The van der Waals surface area contributed by atoms with Crippen LogP contribution in [0.3, 0.4) is 0 Å². The highest BCUT2D eigenvalue weighted by molar-refractivity contribution is 7.80. The summed E-state index contributed by atoms with van der Waals surface area (Å²) in [5.74, 6) is 2.49. The molecule has 1 aliphatic rings. The number of ether oxygens (including phenoxy) is 3. The van der Waals surface area contributed by atoms with Crippen LogP contribution in [0.1, 0.15) is 38.2 Å². The molecule has 0 aliphatic heterocycles. The third kappa shape index (κ3) is 5.22. The topological polar surface area (TPSA) is 64.1 Å². The first-order valence-electron chi connectivity index (χ1n) is 8.48. The van der Waals surface area contributed by atoms with Gasteiger partial charge in [0.25, 0.3) is 0 Å². The maximum Gasteiger partial charge on any atom is 0.187 e. The molecule has 0 aromatic heterocycles. The monoisotopic (exact) mass is 365 g/mol. The lowest BCUT2D eigenvalue weighted by Gasteiger charge is -2.30. The van der Waals surface area contributed by atoms with E-state index in [9.17, 15) is 0 Å². The van der Waals surface area contributed by atoms with Crippen LogP contribution in [0.25, 0.3) is 0 Å². The molecule has 0 spiro atoms. The normalized spacial score (nSPS) is 20.2. The molecular weight excluding hydrogens is 338 g/mol. The van der Waals surface area contributed by atoms with E-state index in [4.69, 9.17) is 26.4 Å². The van der Waals surface area contributed by atoms with Gasteiger partial charge in [0.1, 0.15) is 5.75 Å². The fourth-order valence-corrected chi connectivity index (χ4v) is 3.25. The molecule has 2 N–H and O–H groups in total. The molecule has 0 radical (unpaired) electrons. The molecule has 7 heteroatoms. The fraction of sp³-hybridized carbons (Fsp3) is 0.556. The number of rotatable bonds is 6. The summed E-state index contributed by atoms with van der Waals surface area (Å²) in [6.07, 6.45) is 6.59. The molecule has 0 bridgehead atoms. The Balaban J connectivity index is 1.99. The number of benzene rings is 1. The third-order valence-electron chi connectivity index (χ3n) is 4.53. The molecule has 2 rings (SSSR count). The van der Waals surface area contributed by atoms with E-state index in [0.717, 1.165) is 12.0 Å². The highest BCUT2D eigenvalue weighted by atomic mass is 32.1. The first kappa shape index (κ1) is 19.3. The molecule has 1 aromatic rings. The van der Waals surface area contributed by atoms with Gasteiger partial charge in [0.15, 0.2) is 16.6 Å². The highest BCUT2D eigenvalue weighted by Gasteiger charge is 2.21. The molecule has 0 amide bonds. The number of hydrazone groups is 1. The number of hydrogen-bond donors (Lipinski definition) is 2. The molecule has 2 atom stereocenters. The first-order valence-corrected chi connectivity index (χ1v) is 8.89. The van der Waals surface area contributed by atoms with Crippen LogP contribution in [0.15, 0.2) is 17.2 Å². The van der Waals surface area contributed by atoms with Gasteiger partial charge in [0, 0.05) is 17.7 Å². The quantitative estimate of drug-likeness (QED) is 0.459. The summed E-state index contributed by atoms with van der Waals surface area (Å²) in [4.78, 5) is 0. The van der Waals surface area contributed by atoms with Gasteiger partial charge in [-0.2, -0.15) is 5.10 Å². The van der Waals surface area contributed by atoms with E-state index in [2.05, 4.69) is 22.8 Å². The molecule has 1 aliphatic carbocycles. The maximum atomic E-state index is 5.38. The van der Waals surface area contributed by atoms with Gasteiger partial charge in [-0.25, -0.2) is 0 Å². The second-order valence-electron chi connectivity index (χ2n) is 6.16. The van der Waals surface area contributed by atoms with E-state index < -0.39 is 0 Å². The van der Waals surface area contributed by atoms with Crippen LogP contribution in [-0.4, -0.2) is 38.7 Å². The van der Waals surface area contributed by atoms with Crippen molar-refractivity contribution < 1.29 is 14.2 Å². The van der Waals surface area contributed by atoms with Crippen LogP contribution >= 0.6 is 12.2 Å². The van der Waals surface area contributed by atoms with Gasteiger partial charge in [0.2, 0.25) is 0 Å². The van der Waals surface area contributed by atoms with E-state index in [1.807, 2.05) is 6.07 Å². The largest absolute Gasteiger partial charge is 0.496 e. The number of nitrogens with zero attached hydrogens (tertiary/aromatic N) is 1. The van der Waals surface area contributed by atoms with Gasteiger partial charge in [-0.1, -0.05) is 19.8 Å². The van der Waals surface area contributed by atoms with E-state index in [1.165, 1.54) is 19.3 Å². The standard InChI is InChI=1S/C18H27N3O3S/c1-12-7-5-6-8-14(12)20-18(25)21-19-11-13-9-16(23-3)17(24-4)10-15(13)22-2/h9-12,14H,5-8H2,1-4H3,(H2,20,21,25)/b19-11-/t12-,14+/m1/s1. The molecule has 1 saturated carbocycles. The van der Waals surface area contributed by atoms with E-state index in [0.29, 0.717) is 34.3 Å². The summed E-state index contributed by atoms with van der Waals surface area (Å²) >= 11 is 5.34. The van der Waals surface area contributed by atoms with Crippen molar-refractivity contribution in [2.75, 3.05) is 21.3 Å². The van der Waals surface area contributed by atoms with E-state index in [1.54, 1.807) is 33.6 Å². The van der Waals surface area contributed by atoms with Crippen molar-refractivity contribution in [2.24, 2.45) is 11.0 Å². The summed E-state index contributed by atoms with van der Waals surface area (Å²) in [5.41, 5.74) is 3.64. The molecular formula is C18H27N3O3S. The van der Waals surface area contributed by atoms with E-state index >= 15 is 0 Å².